The fourth-order valence-electron chi connectivity index (χ4n) is 1.19. The molecule has 1 heterocycles. The highest BCUT2D eigenvalue weighted by molar-refractivity contribution is 5.91. The second-order valence-corrected chi connectivity index (χ2v) is 3.45. The Morgan fingerprint density at radius 2 is 0.889 bits per heavy atom. The van der Waals surface area contributed by atoms with Gasteiger partial charge in [0.2, 0.25) is 0 Å². The number of cyclic esters (lactones) is 2. The summed E-state index contributed by atoms with van der Waals surface area (Å²) < 4.78 is 25.1. The maximum Gasteiger partial charge on any atom is 0.317 e. The molecule has 1 aliphatic heterocycles. The molecule has 0 atom stereocenters. The predicted octanol–water partition coefficient (Wildman–Crippen LogP) is -0.474. The van der Waals surface area contributed by atoms with Gasteiger partial charge in [-0.3, -0.25) is 9.59 Å². The number of ether oxygens (including phenoxy) is 5. The first kappa shape index (κ1) is 14.9. The molecular weight excluding hydrogens is 244 g/mol. The first-order chi connectivity index (χ1) is 8.79. The summed E-state index contributed by atoms with van der Waals surface area (Å²) in [5.74, 6) is -1.24. The van der Waals surface area contributed by atoms with E-state index in [0.717, 1.165) is 0 Å². The molecule has 7 nitrogen and oxygen atoms in total. The molecule has 1 aliphatic rings. The predicted molar refractivity (Wildman–Crippen MR) is 59.0 cm³/mol. The quantitative estimate of drug-likeness (QED) is 0.431. The van der Waals surface area contributed by atoms with Crippen molar-refractivity contribution in [1.82, 2.24) is 0 Å². The van der Waals surface area contributed by atoms with Gasteiger partial charge in [0.25, 0.3) is 0 Å². The Hall–Kier alpha value is -1.18. The fraction of sp³-hybridized carbons (Fsp3) is 0.818. The minimum Gasteiger partial charge on any atom is -0.463 e. The lowest BCUT2D eigenvalue weighted by atomic mass is 10.4. The molecule has 0 radical (unpaired) electrons. The number of carbonyl (C=O) groups excluding carboxylic acids is 2. The molecule has 1 rings (SSSR count). The summed E-state index contributed by atoms with van der Waals surface area (Å²) >= 11 is 0. The average molecular weight is 262 g/mol. The molecule has 1 saturated heterocycles. The lowest BCUT2D eigenvalue weighted by Gasteiger charge is -2.09. The average Bonchev–Trinajstić information content (AvgIpc) is 2.33. The molecule has 1 fully saturated rings. The zero-order valence-electron chi connectivity index (χ0n) is 10.2. The van der Waals surface area contributed by atoms with Crippen molar-refractivity contribution in [1.29, 1.82) is 0 Å². The minimum atomic E-state index is -0.618. The van der Waals surface area contributed by atoms with E-state index in [1.54, 1.807) is 0 Å². The monoisotopic (exact) mass is 262 g/mol. The summed E-state index contributed by atoms with van der Waals surface area (Å²) in [6, 6.07) is 0. The van der Waals surface area contributed by atoms with Crippen LogP contribution >= 0.6 is 0 Å². The van der Waals surface area contributed by atoms with Crippen LogP contribution in [0.25, 0.3) is 0 Å². The van der Waals surface area contributed by atoms with Crippen molar-refractivity contribution in [2.45, 2.75) is 6.42 Å². The van der Waals surface area contributed by atoms with Gasteiger partial charge < -0.3 is 23.7 Å². The van der Waals surface area contributed by atoms with E-state index in [4.69, 9.17) is 23.7 Å². The summed E-state index contributed by atoms with van der Waals surface area (Å²) in [4.78, 5) is 22.3. The zero-order chi connectivity index (χ0) is 13.1. The van der Waals surface area contributed by atoms with Gasteiger partial charge in [-0.1, -0.05) is 0 Å². The standard InChI is InChI=1S/C11H18O7/c12-10-9-11(13)18-8-6-16-4-2-14-1-3-15-5-7-17-10/h1-9H2. The van der Waals surface area contributed by atoms with E-state index in [1.165, 1.54) is 0 Å². The lowest BCUT2D eigenvalue weighted by Crippen LogP contribution is -2.19. The fourth-order valence-corrected chi connectivity index (χ4v) is 1.19. The maximum atomic E-state index is 11.2. The number of esters is 2. The van der Waals surface area contributed by atoms with Gasteiger partial charge >= 0.3 is 11.9 Å². The topological polar surface area (TPSA) is 80.3 Å². The molecule has 0 bridgehead atoms. The van der Waals surface area contributed by atoms with Gasteiger partial charge in [-0.05, 0) is 0 Å². The summed E-state index contributed by atoms with van der Waals surface area (Å²) in [6.45, 7) is 2.59. The van der Waals surface area contributed by atoms with Gasteiger partial charge in [0.15, 0.2) is 0 Å². The van der Waals surface area contributed by atoms with E-state index in [0.29, 0.717) is 26.4 Å². The van der Waals surface area contributed by atoms with Crippen LogP contribution in [0, 0.1) is 0 Å². The first-order valence-corrected chi connectivity index (χ1v) is 5.83. The first-order valence-electron chi connectivity index (χ1n) is 5.83. The summed E-state index contributed by atoms with van der Waals surface area (Å²) in [7, 11) is 0. The molecule has 0 aromatic rings. The third-order valence-corrected chi connectivity index (χ3v) is 2.01. The molecule has 0 spiro atoms. The van der Waals surface area contributed by atoms with Crippen molar-refractivity contribution < 1.29 is 33.3 Å². The smallest absolute Gasteiger partial charge is 0.317 e. The van der Waals surface area contributed by atoms with Crippen LogP contribution in [0.3, 0.4) is 0 Å². The number of carbonyl (C=O) groups is 2. The molecule has 0 saturated carbocycles. The molecular formula is C11H18O7. The van der Waals surface area contributed by atoms with Crippen molar-refractivity contribution in [3.05, 3.63) is 0 Å². The van der Waals surface area contributed by atoms with Gasteiger partial charge in [0.05, 0.1) is 39.6 Å². The van der Waals surface area contributed by atoms with E-state index in [9.17, 15) is 9.59 Å². The third-order valence-electron chi connectivity index (χ3n) is 2.01. The Morgan fingerprint density at radius 1 is 0.556 bits per heavy atom. The number of rotatable bonds is 0. The van der Waals surface area contributed by atoms with E-state index in [2.05, 4.69) is 0 Å². The van der Waals surface area contributed by atoms with Crippen LogP contribution < -0.4 is 0 Å². The largest absolute Gasteiger partial charge is 0.463 e. The van der Waals surface area contributed by atoms with Crippen LogP contribution in [0.15, 0.2) is 0 Å². The summed E-state index contributed by atoms with van der Waals surface area (Å²) in [5, 5.41) is 0. The second-order valence-electron chi connectivity index (χ2n) is 3.45. The highest BCUT2D eigenvalue weighted by atomic mass is 16.6. The molecule has 0 aliphatic carbocycles. The Labute approximate surface area is 105 Å². The van der Waals surface area contributed by atoms with Gasteiger partial charge in [-0.2, -0.15) is 0 Å². The van der Waals surface area contributed by atoms with Crippen LogP contribution in [0.2, 0.25) is 0 Å². The van der Waals surface area contributed by atoms with E-state index >= 15 is 0 Å². The summed E-state index contributed by atoms with van der Waals surface area (Å²) in [5.41, 5.74) is 0. The Kier molecular flexibility index (Phi) is 8.11. The van der Waals surface area contributed by atoms with Crippen LogP contribution in [-0.4, -0.2) is 64.8 Å². The van der Waals surface area contributed by atoms with Crippen molar-refractivity contribution in [3.8, 4) is 0 Å². The van der Waals surface area contributed by atoms with Crippen LogP contribution in [0.5, 0.6) is 0 Å². The van der Waals surface area contributed by atoms with Crippen molar-refractivity contribution in [2.24, 2.45) is 0 Å². The van der Waals surface area contributed by atoms with Crippen molar-refractivity contribution in [3.63, 3.8) is 0 Å². The molecule has 7 heteroatoms. The number of hydrogen-bond acceptors (Lipinski definition) is 7. The Balaban J connectivity index is 2.23. The van der Waals surface area contributed by atoms with E-state index in [1.807, 2.05) is 0 Å². The molecule has 0 aromatic carbocycles. The number of hydrogen-bond donors (Lipinski definition) is 0. The second kappa shape index (κ2) is 9.81. The van der Waals surface area contributed by atoms with E-state index in [-0.39, 0.29) is 32.8 Å². The molecule has 0 aromatic heterocycles. The molecule has 0 amide bonds. The molecule has 0 unspecified atom stereocenters. The van der Waals surface area contributed by atoms with Crippen LogP contribution in [0.4, 0.5) is 0 Å². The Bertz CT molecular complexity index is 230. The van der Waals surface area contributed by atoms with Gasteiger partial charge in [0.1, 0.15) is 19.6 Å². The SMILES string of the molecule is O=C1CC(=O)OCCOCCOCCOCCO1. The third kappa shape index (κ3) is 7.99. The molecule has 104 valence electrons. The van der Waals surface area contributed by atoms with Gasteiger partial charge in [-0.25, -0.2) is 0 Å². The highest BCUT2D eigenvalue weighted by Crippen LogP contribution is 1.92. The summed E-state index contributed by atoms with van der Waals surface area (Å²) in [6.07, 6.45) is -0.386. The zero-order valence-corrected chi connectivity index (χ0v) is 10.2. The Morgan fingerprint density at radius 3 is 1.28 bits per heavy atom. The highest BCUT2D eigenvalue weighted by Gasteiger charge is 2.11. The minimum absolute atomic E-state index is 0.120. The normalized spacial score (nSPS) is 22.0. The van der Waals surface area contributed by atoms with Gasteiger partial charge in [0, 0.05) is 0 Å². The van der Waals surface area contributed by atoms with Crippen LogP contribution in [-0.2, 0) is 33.3 Å². The molecule has 18 heavy (non-hydrogen) atoms. The van der Waals surface area contributed by atoms with E-state index < -0.39 is 11.9 Å². The lowest BCUT2D eigenvalue weighted by molar-refractivity contribution is -0.156. The van der Waals surface area contributed by atoms with Crippen molar-refractivity contribution in [2.75, 3.05) is 52.9 Å². The van der Waals surface area contributed by atoms with Crippen molar-refractivity contribution >= 4 is 11.9 Å². The van der Waals surface area contributed by atoms with Crippen LogP contribution in [0.1, 0.15) is 6.42 Å². The maximum absolute atomic E-state index is 11.2. The van der Waals surface area contributed by atoms with Gasteiger partial charge in [-0.15, -0.1) is 0 Å². The molecule has 0 N–H and O–H groups in total.